The smallest absolute Gasteiger partial charge is 0.411 e. The second-order valence-corrected chi connectivity index (χ2v) is 8.67. The van der Waals surface area contributed by atoms with Crippen LogP contribution < -0.4 is 9.47 Å². The highest BCUT2D eigenvalue weighted by Gasteiger charge is 2.72. The minimum atomic E-state index is -5.93. The van der Waals surface area contributed by atoms with E-state index in [9.17, 15) is 53.5 Å². The van der Waals surface area contributed by atoms with E-state index in [1.54, 1.807) is 0 Å². The molecule has 0 N–H and O–H groups in total. The molecule has 0 aliphatic heterocycles. The van der Waals surface area contributed by atoms with Crippen molar-refractivity contribution >= 4 is 11.8 Å². The predicted molar refractivity (Wildman–Crippen MR) is 123 cm³/mol. The van der Waals surface area contributed by atoms with Crippen molar-refractivity contribution in [1.29, 1.82) is 0 Å². The molecule has 0 amide bonds. The van der Waals surface area contributed by atoms with Crippen LogP contribution in [0.2, 0.25) is 0 Å². The maximum atomic E-state index is 14.6. The lowest BCUT2D eigenvalue weighted by Crippen LogP contribution is -2.54. The van der Waals surface area contributed by atoms with Gasteiger partial charge in [0, 0.05) is 18.1 Å². The molecule has 0 fully saturated rings. The van der Waals surface area contributed by atoms with Crippen LogP contribution in [0, 0.1) is 0 Å². The van der Waals surface area contributed by atoms with Crippen molar-refractivity contribution in [2.24, 2.45) is 0 Å². The van der Waals surface area contributed by atoms with E-state index >= 15 is 0 Å². The fourth-order valence-corrected chi connectivity index (χ4v) is 3.98. The van der Waals surface area contributed by atoms with Gasteiger partial charge in [-0.2, -0.15) is 43.9 Å². The van der Waals surface area contributed by atoms with Crippen LogP contribution in [0.1, 0.15) is 29.2 Å². The number of halogens is 10. The minimum absolute atomic E-state index is 0.0163. The molecule has 0 radical (unpaired) electrons. The fourth-order valence-electron chi connectivity index (χ4n) is 3.98. The molecule has 0 bridgehead atoms. The Morgan fingerprint density at radius 1 is 0.537 bits per heavy atom. The molecule has 4 nitrogen and oxygen atoms in total. The van der Waals surface area contributed by atoms with Gasteiger partial charge in [0.25, 0.3) is 0 Å². The van der Waals surface area contributed by atoms with Gasteiger partial charge in [0.2, 0.25) is 11.2 Å². The summed E-state index contributed by atoms with van der Waals surface area (Å²) in [6.07, 6.45) is -11.9. The largest absolute Gasteiger partial charge is 0.497 e. The quantitative estimate of drug-likeness (QED) is 0.154. The maximum Gasteiger partial charge on any atom is 0.411 e. The summed E-state index contributed by atoms with van der Waals surface area (Å²) in [5, 5.41) is 0. The van der Waals surface area contributed by atoms with E-state index in [2.05, 4.69) is 4.74 Å². The van der Waals surface area contributed by atoms with Crippen LogP contribution in [0.5, 0.6) is 11.5 Å². The van der Waals surface area contributed by atoms with Crippen LogP contribution in [0.15, 0.2) is 72.8 Å². The van der Waals surface area contributed by atoms with Crippen LogP contribution in [0.3, 0.4) is 0 Å². The summed E-state index contributed by atoms with van der Waals surface area (Å²) in [7, 11) is 1.15. The van der Waals surface area contributed by atoms with Crippen molar-refractivity contribution in [2.75, 3.05) is 7.11 Å². The zero-order chi connectivity index (χ0) is 31.0. The predicted octanol–water partition coefficient (Wildman–Crippen LogP) is 7.48. The van der Waals surface area contributed by atoms with Gasteiger partial charge in [0.05, 0.1) is 7.11 Å². The lowest BCUT2D eigenvalue weighted by atomic mass is 9.73. The van der Waals surface area contributed by atoms with E-state index in [0.717, 1.165) is 19.2 Å². The summed E-state index contributed by atoms with van der Waals surface area (Å²) in [4.78, 5) is 23.2. The highest BCUT2D eigenvalue weighted by atomic mass is 19.4. The molecule has 220 valence electrons. The molecule has 3 aromatic rings. The molecule has 0 aliphatic rings. The number of carbonyl (C=O) groups excluding carboxylic acids is 2. The van der Waals surface area contributed by atoms with Crippen LogP contribution in [0.25, 0.3) is 0 Å². The van der Waals surface area contributed by atoms with Crippen molar-refractivity contribution in [3.63, 3.8) is 0 Å². The zero-order valence-corrected chi connectivity index (χ0v) is 20.8. The van der Waals surface area contributed by atoms with Gasteiger partial charge in [-0.05, 0) is 35.4 Å². The number of rotatable bonds is 8. The van der Waals surface area contributed by atoms with Crippen LogP contribution in [0.4, 0.5) is 43.9 Å². The van der Waals surface area contributed by atoms with Crippen molar-refractivity contribution in [3.05, 3.63) is 95.1 Å². The highest BCUT2D eigenvalue weighted by Crippen LogP contribution is 2.56. The SMILES string of the molecule is COc1ccc(C(c2ccc(OC(=O)C(F)(F)c3ccc(C(F)(F)C(C)=O)cc3)cc2)(C(F)(F)F)C(F)(F)F)cc1. The first-order chi connectivity index (χ1) is 18.8. The molecule has 0 saturated carbocycles. The molecule has 0 spiro atoms. The van der Waals surface area contributed by atoms with E-state index in [1.165, 1.54) is 0 Å². The molecule has 0 aromatic heterocycles. The summed E-state index contributed by atoms with van der Waals surface area (Å²) < 4.78 is 151. The number of hydrogen-bond donors (Lipinski definition) is 0. The van der Waals surface area contributed by atoms with Crippen molar-refractivity contribution in [2.45, 2.75) is 36.5 Å². The first kappa shape index (κ1) is 31.4. The third-order valence-electron chi connectivity index (χ3n) is 6.18. The van der Waals surface area contributed by atoms with Gasteiger partial charge in [0.15, 0.2) is 0 Å². The molecule has 3 rings (SSSR count). The van der Waals surface area contributed by atoms with Gasteiger partial charge < -0.3 is 9.47 Å². The first-order valence-corrected chi connectivity index (χ1v) is 11.3. The molecule has 0 atom stereocenters. The second-order valence-electron chi connectivity index (χ2n) is 8.67. The molecule has 0 aliphatic carbocycles. The van der Waals surface area contributed by atoms with Crippen LogP contribution in [-0.2, 0) is 26.8 Å². The monoisotopic (exact) mass is 596 g/mol. The molecule has 0 saturated heterocycles. The Bertz CT molecular complexity index is 1380. The average Bonchev–Trinajstić information content (AvgIpc) is 2.88. The van der Waals surface area contributed by atoms with E-state index in [0.29, 0.717) is 67.6 Å². The van der Waals surface area contributed by atoms with Crippen LogP contribution >= 0.6 is 0 Å². The van der Waals surface area contributed by atoms with E-state index in [1.807, 2.05) is 0 Å². The Kier molecular flexibility index (Phi) is 8.21. The standard InChI is InChI=1S/C27H18F10O4/c1-15(38)24(28,29)18-3-5-19(6-4-18)25(30,31)22(39)41-21-13-9-17(10-14-21)23(26(32,33)34,27(35,36)37)16-7-11-20(40-2)12-8-16/h3-14H,1-2H3. The van der Waals surface area contributed by atoms with E-state index in [-0.39, 0.29) is 5.75 Å². The summed E-state index contributed by atoms with van der Waals surface area (Å²) in [6.45, 7) is 0.579. The molecule has 3 aromatic carbocycles. The van der Waals surface area contributed by atoms with E-state index < -0.39 is 69.4 Å². The number of Topliss-reactive ketones (excluding diaryl/α,β-unsaturated/α-hetero) is 1. The number of ketones is 1. The third kappa shape index (κ3) is 5.59. The number of methoxy groups -OCH3 is 1. The Balaban J connectivity index is 1.95. The molecule has 0 unspecified atom stereocenters. The fraction of sp³-hybridized carbons (Fsp3) is 0.259. The van der Waals surface area contributed by atoms with Gasteiger partial charge in [-0.1, -0.05) is 48.5 Å². The molecule has 14 heteroatoms. The van der Waals surface area contributed by atoms with Gasteiger partial charge in [-0.3, -0.25) is 4.79 Å². The minimum Gasteiger partial charge on any atom is -0.497 e. The van der Waals surface area contributed by atoms with Gasteiger partial charge in [-0.25, -0.2) is 4.79 Å². The Labute approximate surface area is 225 Å². The van der Waals surface area contributed by atoms with Crippen molar-refractivity contribution < 1.29 is 63.0 Å². The topological polar surface area (TPSA) is 52.6 Å². The number of hydrogen-bond acceptors (Lipinski definition) is 4. The highest BCUT2D eigenvalue weighted by molar-refractivity contribution is 5.85. The Morgan fingerprint density at radius 2 is 0.878 bits per heavy atom. The Hall–Kier alpha value is -4.10. The first-order valence-electron chi connectivity index (χ1n) is 11.3. The number of ether oxygens (including phenoxy) is 2. The number of benzene rings is 3. The zero-order valence-electron chi connectivity index (χ0n) is 20.8. The summed E-state index contributed by atoms with van der Waals surface area (Å²) >= 11 is 0. The third-order valence-corrected chi connectivity index (χ3v) is 6.18. The molecule has 41 heavy (non-hydrogen) atoms. The van der Waals surface area contributed by atoms with Gasteiger partial charge >= 0.3 is 30.2 Å². The lowest BCUT2D eigenvalue weighted by molar-refractivity contribution is -0.288. The number of alkyl halides is 10. The number of esters is 1. The second kappa shape index (κ2) is 10.7. The summed E-state index contributed by atoms with van der Waals surface area (Å²) in [5.41, 5.74) is -9.18. The summed E-state index contributed by atoms with van der Waals surface area (Å²) in [6, 6.07) is 6.37. The van der Waals surface area contributed by atoms with Crippen molar-refractivity contribution in [3.8, 4) is 11.5 Å². The molecule has 0 heterocycles. The average molecular weight is 596 g/mol. The van der Waals surface area contributed by atoms with Crippen molar-refractivity contribution in [1.82, 2.24) is 0 Å². The maximum absolute atomic E-state index is 14.6. The number of carbonyl (C=O) groups is 2. The van der Waals surface area contributed by atoms with Gasteiger partial charge in [0.1, 0.15) is 11.5 Å². The van der Waals surface area contributed by atoms with Crippen LogP contribution in [-0.4, -0.2) is 31.2 Å². The van der Waals surface area contributed by atoms with Gasteiger partial charge in [-0.15, -0.1) is 0 Å². The molecular weight excluding hydrogens is 578 g/mol. The molecular formula is C27H18F10O4. The lowest BCUT2D eigenvalue weighted by Gasteiger charge is -2.38. The normalized spacial score (nSPS) is 13.1. The Morgan fingerprint density at radius 3 is 1.22 bits per heavy atom. The van der Waals surface area contributed by atoms with E-state index in [4.69, 9.17) is 4.74 Å². The summed E-state index contributed by atoms with van der Waals surface area (Å²) in [5.74, 6) is -13.2.